The predicted octanol–water partition coefficient (Wildman–Crippen LogP) is 4.23. The first-order chi connectivity index (χ1) is 14.0. The van der Waals surface area contributed by atoms with Crippen molar-refractivity contribution in [3.63, 3.8) is 0 Å². The normalized spacial score (nSPS) is 16.9. The lowest BCUT2D eigenvalue weighted by atomic mass is 9.97. The number of rotatable bonds is 5. The first kappa shape index (κ1) is 19.2. The predicted molar refractivity (Wildman–Crippen MR) is 109 cm³/mol. The number of carboxylic acids is 1. The molecule has 2 heterocycles. The van der Waals surface area contributed by atoms with Crippen LogP contribution in [0.5, 0.6) is 0 Å². The number of benzene rings is 2. The van der Waals surface area contributed by atoms with Crippen molar-refractivity contribution in [3.05, 3.63) is 59.9 Å². The SMILES string of the molecule is O=C(O)C1CCCN(C(=O)CCc2c(-c3ccccc3)[nH]c3ccc(F)cc23)C1. The number of hydrogen-bond donors (Lipinski definition) is 2. The average Bonchev–Trinajstić information content (AvgIpc) is 3.10. The van der Waals surface area contributed by atoms with Crippen LogP contribution in [0.2, 0.25) is 0 Å². The van der Waals surface area contributed by atoms with Gasteiger partial charge in [0.2, 0.25) is 5.91 Å². The van der Waals surface area contributed by atoms with Gasteiger partial charge in [-0.25, -0.2) is 4.39 Å². The Balaban J connectivity index is 1.59. The first-order valence-corrected chi connectivity index (χ1v) is 9.89. The van der Waals surface area contributed by atoms with Crippen molar-refractivity contribution in [1.82, 2.24) is 9.88 Å². The minimum atomic E-state index is -0.846. The topological polar surface area (TPSA) is 73.4 Å². The summed E-state index contributed by atoms with van der Waals surface area (Å²) in [6.07, 6.45) is 2.03. The molecule has 2 aromatic carbocycles. The second-order valence-corrected chi connectivity index (χ2v) is 7.55. The Morgan fingerprint density at radius 3 is 2.72 bits per heavy atom. The molecule has 29 heavy (non-hydrogen) atoms. The maximum Gasteiger partial charge on any atom is 0.308 e. The fourth-order valence-corrected chi connectivity index (χ4v) is 4.13. The van der Waals surface area contributed by atoms with Crippen molar-refractivity contribution < 1.29 is 19.1 Å². The van der Waals surface area contributed by atoms with Gasteiger partial charge >= 0.3 is 5.97 Å². The summed E-state index contributed by atoms with van der Waals surface area (Å²) in [5.74, 6) is -1.71. The molecule has 1 aromatic heterocycles. The molecule has 0 saturated carbocycles. The summed E-state index contributed by atoms with van der Waals surface area (Å²) < 4.78 is 13.9. The van der Waals surface area contributed by atoms with Crippen LogP contribution in [-0.2, 0) is 16.0 Å². The van der Waals surface area contributed by atoms with Crippen molar-refractivity contribution >= 4 is 22.8 Å². The van der Waals surface area contributed by atoms with E-state index in [0.717, 1.165) is 27.7 Å². The lowest BCUT2D eigenvalue weighted by Crippen LogP contribution is -2.42. The Hall–Kier alpha value is -3.15. The van der Waals surface area contributed by atoms with Gasteiger partial charge in [0.15, 0.2) is 0 Å². The highest BCUT2D eigenvalue weighted by Gasteiger charge is 2.28. The molecular weight excluding hydrogens is 371 g/mol. The van der Waals surface area contributed by atoms with Crippen molar-refractivity contribution in [1.29, 1.82) is 0 Å². The van der Waals surface area contributed by atoms with Crippen LogP contribution in [0.3, 0.4) is 0 Å². The molecule has 1 unspecified atom stereocenters. The number of likely N-dealkylation sites (tertiary alicyclic amines) is 1. The van der Waals surface area contributed by atoms with Gasteiger partial charge in [-0.2, -0.15) is 0 Å². The molecule has 0 aliphatic carbocycles. The van der Waals surface area contributed by atoms with Gasteiger partial charge in [-0.1, -0.05) is 30.3 Å². The van der Waals surface area contributed by atoms with E-state index in [-0.39, 0.29) is 24.7 Å². The number of halogens is 1. The molecule has 0 bridgehead atoms. The largest absolute Gasteiger partial charge is 0.481 e. The standard InChI is InChI=1S/C23H23FN2O3/c24-17-8-10-20-19(13-17)18(22(25-20)15-5-2-1-3-6-15)9-11-21(27)26-12-4-7-16(14-26)23(28)29/h1-3,5-6,8,10,13,16,25H,4,7,9,11-12,14H2,(H,28,29). The van der Waals surface area contributed by atoms with Crippen molar-refractivity contribution in [3.8, 4) is 11.3 Å². The number of hydrogen-bond acceptors (Lipinski definition) is 2. The Morgan fingerprint density at radius 2 is 1.97 bits per heavy atom. The van der Waals surface area contributed by atoms with Gasteiger partial charge < -0.3 is 15.0 Å². The number of nitrogens with one attached hydrogen (secondary N) is 1. The molecule has 0 radical (unpaired) electrons. The van der Waals surface area contributed by atoms with Crippen molar-refractivity contribution in [2.45, 2.75) is 25.7 Å². The van der Waals surface area contributed by atoms with Crippen LogP contribution in [-0.4, -0.2) is 40.0 Å². The van der Waals surface area contributed by atoms with E-state index >= 15 is 0 Å². The van der Waals surface area contributed by atoms with Crippen LogP contribution in [0.1, 0.15) is 24.8 Å². The zero-order valence-corrected chi connectivity index (χ0v) is 16.0. The number of carboxylic acid groups (broad SMARTS) is 1. The molecular formula is C23H23FN2O3. The van der Waals surface area contributed by atoms with E-state index in [2.05, 4.69) is 4.98 Å². The smallest absolute Gasteiger partial charge is 0.308 e. The Bertz CT molecular complexity index is 1040. The number of fused-ring (bicyclic) bond motifs is 1. The molecule has 1 atom stereocenters. The highest BCUT2D eigenvalue weighted by atomic mass is 19.1. The molecule has 5 nitrogen and oxygen atoms in total. The number of aromatic amines is 1. The molecule has 1 fully saturated rings. The Morgan fingerprint density at radius 1 is 1.17 bits per heavy atom. The number of aryl methyl sites for hydroxylation is 1. The molecule has 6 heteroatoms. The van der Waals surface area contributed by atoms with Gasteiger partial charge in [0.25, 0.3) is 0 Å². The van der Waals surface area contributed by atoms with E-state index in [1.54, 1.807) is 11.0 Å². The van der Waals surface area contributed by atoms with E-state index in [0.29, 0.717) is 25.8 Å². The number of amides is 1. The summed E-state index contributed by atoms with van der Waals surface area (Å²) in [4.78, 5) is 29.0. The molecule has 1 saturated heterocycles. The Labute approximate surface area is 168 Å². The van der Waals surface area contributed by atoms with E-state index in [4.69, 9.17) is 0 Å². The monoisotopic (exact) mass is 394 g/mol. The van der Waals surface area contributed by atoms with Crippen molar-refractivity contribution in [2.24, 2.45) is 5.92 Å². The van der Waals surface area contributed by atoms with E-state index in [9.17, 15) is 19.1 Å². The second kappa shape index (κ2) is 8.07. The number of H-pyrrole nitrogens is 1. The zero-order chi connectivity index (χ0) is 20.4. The van der Waals surface area contributed by atoms with Crippen LogP contribution in [0, 0.1) is 11.7 Å². The van der Waals surface area contributed by atoms with Gasteiger partial charge in [-0.05, 0) is 48.6 Å². The maximum atomic E-state index is 13.9. The lowest BCUT2D eigenvalue weighted by Gasteiger charge is -2.30. The van der Waals surface area contributed by atoms with Crippen LogP contribution in [0.25, 0.3) is 22.2 Å². The van der Waals surface area contributed by atoms with E-state index < -0.39 is 11.9 Å². The summed E-state index contributed by atoms with van der Waals surface area (Å²) in [7, 11) is 0. The fourth-order valence-electron chi connectivity index (χ4n) is 4.13. The van der Waals surface area contributed by atoms with Crippen LogP contribution in [0.4, 0.5) is 4.39 Å². The molecule has 2 N–H and O–H groups in total. The second-order valence-electron chi connectivity index (χ2n) is 7.55. The number of aromatic nitrogens is 1. The van der Waals surface area contributed by atoms with E-state index in [1.165, 1.54) is 12.1 Å². The van der Waals surface area contributed by atoms with Gasteiger partial charge in [0, 0.05) is 36.1 Å². The molecule has 0 spiro atoms. The Kier molecular flexibility index (Phi) is 5.34. The zero-order valence-electron chi connectivity index (χ0n) is 16.0. The van der Waals surface area contributed by atoms with Crippen molar-refractivity contribution in [2.75, 3.05) is 13.1 Å². The molecule has 1 aliphatic rings. The summed E-state index contributed by atoms with van der Waals surface area (Å²) in [6, 6.07) is 14.4. The quantitative estimate of drug-likeness (QED) is 0.680. The highest BCUT2D eigenvalue weighted by Crippen LogP contribution is 2.32. The third kappa shape index (κ3) is 4.01. The third-order valence-corrected chi connectivity index (χ3v) is 5.64. The molecule has 1 aliphatic heterocycles. The minimum absolute atomic E-state index is 0.0549. The number of nitrogens with zero attached hydrogens (tertiary/aromatic N) is 1. The van der Waals surface area contributed by atoms with Crippen LogP contribution >= 0.6 is 0 Å². The number of piperidine rings is 1. The van der Waals surface area contributed by atoms with Gasteiger partial charge in [0.05, 0.1) is 5.92 Å². The van der Waals surface area contributed by atoms with Gasteiger partial charge in [-0.3, -0.25) is 9.59 Å². The lowest BCUT2D eigenvalue weighted by molar-refractivity contribution is -0.145. The minimum Gasteiger partial charge on any atom is -0.481 e. The van der Waals surface area contributed by atoms with Crippen LogP contribution < -0.4 is 0 Å². The summed E-state index contributed by atoms with van der Waals surface area (Å²) >= 11 is 0. The molecule has 1 amide bonds. The summed E-state index contributed by atoms with van der Waals surface area (Å²) in [6.45, 7) is 0.860. The number of carbonyl (C=O) groups is 2. The molecule has 150 valence electrons. The molecule has 4 rings (SSSR count). The fraction of sp³-hybridized carbons (Fsp3) is 0.304. The maximum absolute atomic E-state index is 13.9. The highest BCUT2D eigenvalue weighted by molar-refractivity contribution is 5.91. The third-order valence-electron chi connectivity index (χ3n) is 5.64. The first-order valence-electron chi connectivity index (χ1n) is 9.89. The summed E-state index contributed by atoms with van der Waals surface area (Å²) in [5.41, 5.74) is 3.61. The van der Waals surface area contributed by atoms with Gasteiger partial charge in [0.1, 0.15) is 5.82 Å². The van der Waals surface area contributed by atoms with Crippen LogP contribution in [0.15, 0.2) is 48.5 Å². The number of aliphatic carboxylic acids is 1. The molecule has 3 aromatic rings. The van der Waals surface area contributed by atoms with Gasteiger partial charge in [-0.15, -0.1) is 0 Å². The van der Waals surface area contributed by atoms with E-state index in [1.807, 2.05) is 30.3 Å². The summed E-state index contributed by atoms with van der Waals surface area (Å²) in [5, 5.41) is 10.0. The average molecular weight is 394 g/mol. The number of carbonyl (C=O) groups excluding carboxylic acids is 1.